The highest BCUT2D eigenvalue weighted by molar-refractivity contribution is 5.41. The van der Waals surface area contributed by atoms with Gasteiger partial charge in [-0.25, -0.2) is 0 Å². The first-order valence-electron chi connectivity index (χ1n) is 5.83. The molecule has 1 fully saturated rings. The van der Waals surface area contributed by atoms with E-state index >= 15 is 0 Å². The summed E-state index contributed by atoms with van der Waals surface area (Å²) in [4.78, 5) is 0. The molecule has 0 unspecified atom stereocenters. The van der Waals surface area contributed by atoms with E-state index in [-0.39, 0.29) is 5.41 Å². The second-order valence-electron chi connectivity index (χ2n) is 4.67. The van der Waals surface area contributed by atoms with Crippen molar-refractivity contribution in [1.29, 1.82) is 0 Å². The highest BCUT2D eigenvalue weighted by Crippen LogP contribution is 2.38. The van der Waals surface area contributed by atoms with Gasteiger partial charge in [-0.3, -0.25) is 0 Å². The molecule has 0 spiro atoms. The average molecular weight is 204 g/mol. The summed E-state index contributed by atoms with van der Waals surface area (Å²) in [7, 11) is 0. The summed E-state index contributed by atoms with van der Waals surface area (Å²) in [5.74, 6) is 0. The lowest BCUT2D eigenvalue weighted by Gasteiger charge is -2.36. The third-order valence-electron chi connectivity index (χ3n) is 3.72. The van der Waals surface area contributed by atoms with Gasteiger partial charge in [-0.2, -0.15) is 0 Å². The lowest BCUT2D eigenvalue weighted by molar-refractivity contribution is 0.301. The fourth-order valence-corrected chi connectivity index (χ4v) is 2.68. The predicted octanol–water partition coefficient (Wildman–Crippen LogP) is 2.43. The number of benzene rings is 1. The summed E-state index contributed by atoms with van der Waals surface area (Å²) < 4.78 is 0. The molecule has 2 nitrogen and oxygen atoms in total. The zero-order valence-corrected chi connectivity index (χ0v) is 9.21. The molecule has 0 amide bonds. The first kappa shape index (κ1) is 10.5. The second kappa shape index (κ2) is 4.23. The van der Waals surface area contributed by atoms with Crippen LogP contribution in [-0.2, 0) is 5.41 Å². The van der Waals surface area contributed by atoms with Gasteiger partial charge in [0.05, 0.1) is 0 Å². The van der Waals surface area contributed by atoms with E-state index in [1.807, 2.05) is 12.1 Å². The molecule has 4 N–H and O–H groups in total. The SMILES string of the molecule is NCC1(c2ccc(N)cc2)CCCCC1. The molecule has 1 aromatic rings. The van der Waals surface area contributed by atoms with E-state index in [9.17, 15) is 0 Å². The Morgan fingerprint density at radius 2 is 1.60 bits per heavy atom. The summed E-state index contributed by atoms with van der Waals surface area (Å²) in [6, 6.07) is 8.27. The van der Waals surface area contributed by atoms with E-state index in [1.54, 1.807) is 0 Å². The van der Waals surface area contributed by atoms with Crippen LogP contribution in [0.5, 0.6) is 0 Å². The Hall–Kier alpha value is -1.02. The molecule has 2 rings (SSSR count). The van der Waals surface area contributed by atoms with Crippen molar-refractivity contribution in [2.75, 3.05) is 12.3 Å². The Morgan fingerprint density at radius 3 is 2.13 bits per heavy atom. The smallest absolute Gasteiger partial charge is 0.0314 e. The van der Waals surface area contributed by atoms with E-state index in [1.165, 1.54) is 37.7 Å². The van der Waals surface area contributed by atoms with Gasteiger partial charge in [0.1, 0.15) is 0 Å². The molecule has 0 bridgehead atoms. The summed E-state index contributed by atoms with van der Waals surface area (Å²) in [5, 5.41) is 0. The average Bonchev–Trinajstić information content (AvgIpc) is 2.31. The summed E-state index contributed by atoms with van der Waals surface area (Å²) in [5.41, 5.74) is 14.1. The normalized spacial score (nSPS) is 20.1. The second-order valence-corrected chi connectivity index (χ2v) is 4.67. The van der Waals surface area contributed by atoms with Gasteiger partial charge in [-0.1, -0.05) is 31.4 Å². The monoisotopic (exact) mass is 204 g/mol. The molecule has 0 aromatic heterocycles. The number of hydrogen-bond donors (Lipinski definition) is 2. The Bertz CT molecular complexity index is 310. The molecule has 2 heteroatoms. The Morgan fingerprint density at radius 1 is 1.00 bits per heavy atom. The zero-order valence-electron chi connectivity index (χ0n) is 9.21. The number of nitrogens with two attached hydrogens (primary N) is 2. The van der Waals surface area contributed by atoms with Gasteiger partial charge in [0.2, 0.25) is 0 Å². The van der Waals surface area contributed by atoms with Crippen molar-refractivity contribution >= 4 is 5.69 Å². The van der Waals surface area contributed by atoms with Gasteiger partial charge in [0.25, 0.3) is 0 Å². The molecule has 0 aliphatic heterocycles. The summed E-state index contributed by atoms with van der Waals surface area (Å²) in [6.07, 6.45) is 6.43. The molecular formula is C13H20N2. The number of rotatable bonds is 2. The molecule has 1 saturated carbocycles. The van der Waals surface area contributed by atoms with Crippen LogP contribution in [-0.4, -0.2) is 6.54 Å². The van der Waals surface area contributed by atoms with Gasteiger partial charge >= 0.3 is 0 Å². The van der Waals surface area contributed by atoms with E-state index in [2.05, 4.69) is 12.1 Å². The van der Waals surface area contributed by atoms with Crippen LogP contribution in [0.1, 0.15) is 37.7 Å². The molecule has 1 aliphatic carbocycles. The van der Waals surface area contributed by atoms with E-state index < -0.39 is 0 Å². The molecule has 82 valence electrons. The summed E-state index contributed by atoms with van der Waals surface area (Å²) in [6.45, 7) is 0.761. The third kappa shape index (κ3) is 2.00. The molecule has 1 aliphatic rings. The lowest BCUT2D eigenvalue weighted by Crippen LogP contribution is -2.37. The van der Waals surface area contributed by atoms with Crippen LogP contribution in [0.2, 0.25) is 0 Å². The van der Waals surface area contributed by atoms with E-state index in [0.29, 0.717) is 0 Å². The van der Waals surface area contributed by atoms with Crippen molar-refractivity contribution < 1.29 is 0 Å². The lowest BCUT2D eigenvalue weighted by atomic mass is 9.69. The van der Waals surface area contributed by atoms with Gasteiger partial charge in [0.15, 0.2) is 0 Å². The van der Waals surface area contributed by atoms with Crippen molar-refractivity contribution in [3.63, 3.8) is 0 Å². The number of nitrogen functional groups attached to an aromatic ring is 1. The maximum absolute atomic E-state index is 5.98. The molecule has 0 heterocycles. The maximum atomic E-state index is 5.98. The highest BCUT2D eigenvalue weighted by Gasteiger charge is 2.32. The predicted molar refractivity (Wildman–Crippen MR) is 64.7 cm³/mol. The third-order valence-corrected chi connectivity index (χ3v) is 3.72. The zero-order chi connectivity index (χ0) is 10.7. The van der Waals surface area contributed by atoms with Crippen molar-refractivity contribution in [2.24, 2.45) is 5.73 Å². The fraction of sp³-hybridized carbons (Fsp3) is 0.538. The van der Waals surface area contributed by atoms with E-state index in [0.717, 1.165) is 12.2 Å². The van der Waals surface area contributed by atoms with Gasteiger partial charge in [-0.05, 0) is 30.5 Å². The number of hydrogen-bond acceptors (Lipinski definition) is 2. The first-order chi connectivity index (χ1) is 7.27. The van der Waals surface area contributed by atoms with E-state index in [4.69, 9.17) is 11.5 Å². The van der Waals surface area contributed by atoms with Crippen LogP contribution in [0.15, 0.2) is 24.3 Å². The molecular weight excluding hydrogens is 184 g/mol. The Labute approximate surface area is 91.7 Å². The van der Waals surface area contributed by atoms with Crippen molar-refractivity contribution in [3.05, 3.63) is 29.8 Å². The van der Waals surface area contributed by atoms with Crippen LogP contribution in [0.4, 0.5) is 5.69 Å². The fourth-order valence-electron chi connectivity index (χ4n) is 2.68. The molecule has 15 heavy (non-hydrogen) atoms. The Balaban J connectivity index is 2.28. The Kier molecular flexibility index (Phi) is 2.96. The minimum Gasteiger partial charge on any atom is -0.399 e. The largest absolute Gasteiger partial charge is 0.399 e. The van der Waals surface area contributed by atoms with Crippen LogP contribution in [0.25, 0.3) is 0 Å². The van der Waals surface area contributed by atoms with Crippen LogP contribution >= 0.6 is 0 Å². The van der Waals surface area contributed by atoms with Gasteiger partial charge < -0.3 is 11.5 Å². The van der Waals surface area contributed by atoms with Crippen molar-refractivity contribution in [1.82, 2.24) is 0 Å². The molecule has 0 saturated heterocycles. The van der Waals surface area contributed by atoms with Crippen LogP contribution in [0, 0.1) is 0 Å². The topological polar surface area (TPSA) is 52.0 Å². The quantitative estimate of drug-likeness (QED) is 0.727. The number of anilines is 1. The highest BCUT2D eigenvalue weighted by atomic mass is 14.6. The maximum Gasteiger partial charge on any atom is 0.0314 e. The summed E-state index contributed by atoms with van der Waals surface area (Å²) >= 11 is 0. The van der Waals surface area contributed by atoms with Gasteiger partial charge in [0, 0.05) is 17.6 Å². The standard InChI is InChI=1S/C13H20N2/c14-10-13(8-2-1-3-9-13)11-4-6-12(15)7-5-11/h4-7H,1-3,8-10,14-15H2. The molecule has 1 aromatic carbocycles. The molecule has 0 atom stereocenters. The minimum absolute atomic E-state index is 0.228. The van der Waals surface area contributed by atoms with Crippen LogP contribution < -0.4 is 11.5 Å². The van der Waals surface area contributed by atoms with Crippen LogP contribution in [0.3, 0.4) is 0 Å². The minimum atomic E-state index is 0.228. The molecule has 0 radical (unpaired) electrons. The first-order valence-corrected chi connectivity index (χ1v) is 5.83. The van der Waals surface area contributed by atoms with Gasteiger partial charge in [-0.15, -0.1) is 0 Å². The van der Waals surface area contributed by atoms with Crippen molar-refractivity contribution in [3.8, 4) is 0 Å². The van der Waals surface area contributed by atoms with Crippen molar-refractivity contribution in [2.45, 2.75) is 37.5 Å².